The quantitative estimate of drug-likeness (QED) is 0.804. The number of ether oxygens (including phenoxy) is 5. The Morgan fingerprint density at radius 1 is 1.07 bits per heavy atom. The lowest BCUT2D eigenvalue weighted by atomic mass is 9.72. The predicted molar refractivity (Wildman–Crippen MR) is 101 cm³/mol. The number of hydrogen-bond donors (Lipinski definition) is 2. The van der Waals surface area contributed by atoms with Gasteiger partial charge in [0.05, 0.1) is 20.1 Å². The van der Waals surface area contributed by atoms with Crippen molar-refractivity contribution in [2.24, 2.45) is 5.92 Å². The van der Waals surface area contributed by atoms with Crippen LogP contribution in [-0.2, 0) is 4.79 Å². The van der Waals surface area contributed by atoms with E-state index in [0.717, 1.165) is 0 Å². The zero-order chi connectivity index (χ0) is 20.9. The van der Waals surface area contributed by atoms with Gasteiger partial charge in [0.15, 0.2) is 23.0 Å². The van der Waals surface area contributed by atoms with Crippen LogP contribution in [0.1, 0.15) is 30.9 Å². The van der Waals surface area contributed by atoms with E-state index in [2.05, 4.69) is 0 Å². The van der Waals surface area contributed by atoms with Crippen LogP contribution >= 0.6 is 0 Å². The Bertz CT molecular complexity index is 956. The molecule has 2 aromatic carbocycles. The van der Waals surface area contributed by atoms with E-state index in [-0.39, 0.29) is 29.8 Å². The maximum atomic E-state index is 12.6. The van der Waals surface area contributed by atoms with Gasteiger partial charge in [-0.1, -0.05) is 0 Å². The molecular weight excluding hydrogens is 380 g/mol. The largest absolute Gasteiger partial charge is 0.502 e. The van der Waals surface area contributed by atoms with Gasteiger partial charge in [-0.05, 0) is 30.7 Å². The molecular formula is C21H22O8. The molecule has 0 fully saturated rings. The Morgan fingerprint density at radius 3 is 2.21 bits per heavy atom. The third-order valence-electron chi connectivity index (χ3n) is 5.37. The second kappa shape index (κ2) is 6.73. The molecule has 2 aliphatic heterocycles. The lowest BCUT2D eigenvalue weighted by Crippen LogP contribution is -2.50. The zero-order valence-electron chi connectivity index (χ0n) is 16.5. The van der Waals surface area contributed by atoms with E-state index in [4.69, 9.17) is 23.7 Å². The highest BCUT2D eigenvalue weighted by atomic mass is 16.7. The molecule has 154 valence electrons. The Hall–Kier alpha value is -3.13. The molecule has 0 amide bonds. The number of Topliss-reactive ketones (excluding diaryl/α,β-unsaturated/α-hetero) is 1. The first-order valence-electron chi connectivity index (χ1n) is 9.07. The summed E-state index contributed by atoms with van der Waals surface area (Å²) in [7, 11) is 2.85. The smallest absolute Gasteiger partial charge is 0.231 e. The zero-order valence-corrected chi connectivity index (χ0v) is 16.5. The molecule has 0 spiro atoms. The molecule has 0 aliphatic carbocycles. The molecule has 2 heterocycles. The van der Waals surface area contributed by atoms with Crippen molar-refractivity contribution < 1.29 is 38.7 Å². The van der Waals surface area contributed by atoms with Gasteiger partial charge in [0, 0.05) is 24.5 Å². The number of aromatic hydroxyl groups is 1. The molecule has 2 aromatic rings. The third kappa shape index (κ3) is 3.00. The van der Waals surface area contributed by atoms with Crippen LogP contribution in [-0.4, -0.2) is 42.8 Å². The summed E-state index contributed by atoms with van der Waals surface area (Å²) in [5.41, 5.74) is 1.26. The maximum absolute atomic E-state index is 12.6. The number of phenolic OH excluding ortho intramolecular Hbond substituents is 1. The van der Waals surface area contributed by atoms with E-state index in [1.165, 1.54) is 28.1 Å². The first kappa shape index (κ1) is 19.2. The molecule has 8 heteroatoms. The van der Waals surface area contributed by atoms with E-state index in [1.807, 2.05) is 0 Å². The summed E-state index contributed by atoms with van der Waals surface area (Å²) in [6, 6.07) is 6.63. The lowest BCUT2D eigenvalue weighted by molar-refractivity contribution is -0.181. The third-order valence-corrected chi connectivity index (χ3v) is 5.37. The number of aliphatic hydroxyl groups is 1. The van der Waals surface area contributed by atoms with Gasteiger partial charge in [0.2, 0.25) is 18.3 Å². The summed E-state index contributed by atoms with van der Waals surface area (Å²) in [6.45, 7) is 2.94. The van der Waals surface area contributed by atoms with Gasteiger partial charge in [-0.25, -0.2) is 0 Å². The first-order chi connectivity index (χ1) is 13.8. The monoisotopic (exact) mass is 402 g/mol. The van der Waals surface area contributed by atoms with Gasteiger partial charge in [-0.15, -0.1) is 0 Å². The predicted octanol–water partition coefficient (Wildman–Crippen LogP) is 2.58. The summed E-state index contributed by atoms with van der Waals surface area (Å²) in [6.07, 6.45) is 0. The Labute approximate surface area is 167 Å². The summed E-state index contributed by atoms with van der Waals surface area (Å²) in [4.78, 5) is 12.6. The van der Waals surface area contributed by atoms with Crippen molar-refractivity contribution in [3.8, 4) is 34.5 Å². The van der Waals surface area contributed by atoms with E-state index in [0.29, 0.717) is 28.4 Å². The topological polar surface area (TPSA) is 104 Å². The van der Waals surface area contributed by atoms with Crippen LogP contribution in [0.25, 0.3) is 0 Å². The number of rotatable bonds is 4. The minimum Gasteiger partial charge on any atom is -0.502 e. The molecule has 3 atom stereocenters. The van der Waals surface area contributed by atoms with Gasteiger partial charge in [0.25, 0.3) is 0 Å². The highest BCUT2D eigenvalue weighted by Gasteiger charge is 2.50. The van der Waals surface area contributed by atoms with E-state index in [9.17, 15) is 15.0 Å². The van der Waals surface area contributed by atoms with Crippen LogP contribution in [0.4, 0.5) is 0 Å². The van der Waals surface area contributed by atoms with Crippen molar-refractivity contribution >= 4 is 5.78 Å². The van der Waals surface area contributed by atoms with Crippen LogP contribution < -0.4 is 23.7 Å². The molecule has 2 aliphatic rings. The Morgan fingerprint density at radius 2 is 1.66 bits per heavy atom. The fourth-order valence-corrected chi connectivity index (χ4v) is 4.12. The summed E-state index contributed by atoms with van der Waals surface area (Å²) in [5, 5.41) is 21.3. The molecule has 0 unspecified atom stereocenters. The average molecular weight is 402 g/mol. The Balaban J connectivity index is 1.98. The summed E-state index contributed by atoms with van der Waals surface area (Å²) < 4.78 is 27.2. The molecule has 29 heavy (non-hydrogen) atoms. The molecule has 0 saturated heterocycles. The van der Waals surface area contributed by atoms with E-state index >= 15 is 0 Å². The van der Waals surface area contributed by atoms with Gasteiger partial charge in [-0.2, -0.15) is 0 Å². The SMILES string of the molecule is COc1cc([C@@H]2c3cc4c(cc3O[C@](C)(O)[C@@H]2C(C)=O)OCO4)cc(OC)c1O. The lowest BCUT2D eigenvalue weighted by Gasteiger charge is -2.42. The molecule has 0 radical (unpaired) electrons. The number of hydrogen-bond acceptors (Lipinski definition) is 8. The number of phenols is 1. The van der Waals surface area contributed by atoms with Crippen molar-refractivity contribution in [1.29, 1.82) is 0 Å². The van der Waals surface area contributed by atoms with E-state index in [1.54, 1.807) is 24.3 Å². The second-order valence-electron chi connectivity index (χ2n) is 7.24. The number of methoxy groups -OCH3 is 2. The van der Waals surface area contributed by atoms with Crippen molar-refractivity contribution in [2.45, 2.75) is 25.6 Å². The Kier molecular flexibility index (Phi) is 4.46. The highest BCUT2D eigenvalue weighted by Crippen LogP contribution is 2.53. The van der Waals surface area contributed by atoms with Crippen molar-refractivity contribution in [3.63, 3.8) is 0 Å². The summed E-state index contributed by atoms with van der Waals surface area (Å²) >= 11 is 0. The average Bonchev–Trinajstić information content (AvgIpc) is 3.12. The first-order valence-corrected chi connectivity index (χ1v) is 9.07. The molecule has 0 bridgehead atoms. The molecule has 0 saturated carbocycles. The number of ketones is 1. The molecule has 0 aromatic heterocycles. The van der Waals surface area contributed by atoms with Crippen molar-refractivity contribution in [1.82, 2.24) is 0 Å². The number of carbonyl (C=O) groups is 1. The van der Waals surface area contributed by atoms with E-state index < -0.39 is 17.6 Å². The van der Waals surface area contributed by atoms with Crippen molar-refractivity contribution in [2.75, 3.05) is 21.0 Å². The van der Waals surface area contributed by atoms with Gasteiger partial charge >= 0.3 is 0 Å². The molecule has 2 N–H and O–H groups in total. The fourth-order valence-electron chi connectivity index (χ4n) is 4.12. The standard InChI is InChI=1S/C21H22O8/c1-10(22)19-18(11-5-16(25-3)20(23)17(6-11)26-4)12-7-14-15(28-9-27-14)8-13(12)29-21(19,2)24/h5-8,18-19,23-24H,9H2,1-4H3/t18-,19-,21+/m1/s1. The van der Waals surface area contributed by atoms with Gasteiger partial charge < -0.3 is 33.9 Å². The number of fused-ring (bicyclic) bond motifs is 2. The minimum absolute atomic E-state index is 0.0796. The maximum Gasteiger partial charge on any atom is 0.231 e. The summed E-state index contributed by atoms with van der Waals surface area (Å²) in [5.74, 6) is -1.91. The van der Waals surface area contributed by atoms with Gasteiger partial charge in [-0.3, -0.25) is 4.79 Å². The molecule has 4 rings (SSSR count). The normalized spacial score (nSPS) is 24.4. The van der Waals surface area contributed by atoms with Gasteiger partial charge in [0.1, 0.15) is 11.5 Å². The minimum atomic E-state index is -1.77. The highest BCUT2D eigenvalue weighted by molar-refractivity contribution is 5.82. The van der Waals surface area contributed by atoms with Crippen molar-refractivity contribution in [3.05, 3.63) is 35.4 Å². The second-order valence-corrected chi connectivity index (χ2v) is 7.24. The van der Waals surface area contributed by atoms with Crippen LogP contribution in [0.15, 0.2) is 24.3 Å². The van der Waals surface area contributed by atoms with Crippen LogP contribution in [0, 0.1) is 5.92 Å². The van der Waals surface area contributed by atoms with Crippen LogP contribution in [0.2, 0.25) is 0 Å². The fraction of sp³-hybridized carbons (Fsp3) is 0.381. The van der Waals surface area contributed by atoms with Crippen LogP contribution in [0.3, 0.4) is 0 Å². The number of carbonyl (C=O) groups excluding carboxylic acids is 1. The molecule has 8 nitrogen and oxygen atoms in total. The number of benzene rings is 2. The van der Waals surface area contributed by atoms with Crippen LogP contribution in [0.5, 0.6) is 34.5 Å².